The van der Waals surface area contributed by atoms with Crippen LogP contribution in [0.25, 0.3) is 0 Å². The van der Waals surface area contributed by atoms with Crippen molar-refractivity contribution in [2.45, 2.75) is 25.9 Å². The highest BCUT2D eigenvalue weighted by molar-refractivity contribution is 5.81. The number of rotatable bonds is 6. The first kappa shape index (κ1) is 15.6. The first-order chi connectivity index (χ1) is 10.1. The lowest BCUT2D eigenvalue weighted by atomic mass is 10.1. The normalized spacial score (nSPS) is 19.4. The van der Waals surface area contributed by atoms with Crippen LogP contribution in [0.2, 0.25) is 0 Å². The third-order valence-corrected chi connectivity index (χ3v) is 3.85. The van der Waals surface area contributed by atoms with Crippen LogP contribution in [0.5, 0.6) is 11.5 Å². The van der Waals surface area contributed by atoms with Crippen LogP contribution in [0.15, 0.2) is 24.3 Å². The Morgan fingerprint density at radius 2 is 2.05 bits per heavy atom. The van der Waals surface area contributed by atoms with E-state index in [9.17, 15) is 4.79 Å². The average Bonchev–Trinajstić information content (AvgIpc) is 2.96. The Bertz CT molecular complexity index is 460. The second-order valence-electron chi connectivity index (χ2n) is 5.39. The highest BCUT2D eigenvalue weighted by Crippen LogP contribution is 2.22. The van der Waals surface area contributed by atoms with E-state index in [2.05, 4.69) is 0 Å². The minimum Gasteiger partial charge on any atom is -0.497 e. The van der Waals surface area contributed by atoms with Crippen LogP contribution >= 0.6 is 0 Å². The fourth-order valence-electron chi connectivity index (χ4n) is 2.62. The Balaban J connectivity index is 1.87. The van der Waals surface area contributed by atoms with Gasteiger partial charge in [-0.1, -0.05) is 0 Å². The van der Waals surface area contributed by atoms with Gasteiger partial charge in [0, 0.05) is 19.7 Å². The number of carbonyl (C=O) groups excluding carboxylic acids is 1. The van der Waals surface area contributed by atoms with Gasteiger partial charge in [-0.15, -0.1) is 0 Å². The fourth-order valence-corrected chi connectivity index (χ4v) is 2.62. The number of hydrogen-bond acceptors (Lipinski definition) is 4. The Hall–Kier alpha value is -1.75. The summed E-state index contributed by atoms with van der Waals surface area (Å²) in [5.74, 6) is 1.83. The number of nitrogens with zero attached hydrogens (tertiary/aromatic N) is 1. The Labute approximate surface area is 125 Å². The van der Waals surface area contributed by atoms with Gasteiger partial charge < -0.3 is 19.5 Å². The largest absolute Gasteiger partial charge is 0.497 e. The van der Waals surface area contributed by atoms with E-state index in [0.29, 0.717) is 11.7 Å². The number of amides is 1. The monoisotopic (exact) mass is 293 g/mol. The van der Waals surface area contributed by atoms with Gasteiger partial charge in [0.25, 0.3) is 5.91 Å². The van der Waals surface area contributed by atoms with Crippen LogP contribution in [0, 0.1) is 5.92 Å². The molecule has 1 N–H and O–H groups in total. The van der Waals surface area contributed by atoms with Crippen molar-refractivity contribution >= 4 is 5.91 Å². The van der Waals surface area contributed by atoms with Crippen molar-refractivity contribution < 1.29 is 19.4 Å². The second kappa shape index (κ2) is 7.31. The predicted molar refractivity (Wildman–Crippen MR) is 79.5 cm³/mol. The SMILES string of the molecule is COc1ccc(OC(C)C(=O)N2CCC(CCO)C2)cc1. The molecule has 21 heavy (non-hydrogen) atoms. The molecular formula is C16H23NO4. The van der Waals surface area contributed by atoms with Crippen molar-refractivity contribution in [2.24, 2.45) is 5.92 Å². The highest BCUT2D eigenvalue weighted by Gasteiger charge is 2.29. The van der Waals surface area contributed by atoms with E-state index in [1.165, 1.54) is 0 Å². The van der Waals surface area contributed by atoms with Gasteiger partial charge in [0.2, 0.25) is 0 Å². The van der Waals surface area contributed by atoms with Crippen molar-refractivity contribution in [1.82, 2.24) is 4.90 Å². The molecule has 116 valence electrons. The molecule has 1 aromatic carbocycles. The van der Waals surface area contributed by atoms with E-state index in [4.69, 9.17) is 14.6 Å². The van der Waals surface area contributed by atoms with E-state index in [-0.39, 0.29) is 12.5 Å². The molecule has 1 amide bonds. The molecule has 1 aliphatic heterocycles. The predicted octanol–water partition coefficient (Wildman–Crippen LogP) is 1.69. The van der Waals surface area contributed by atoms with Crippen LogP contribution in [0.1, 0.15) is 19.8 Å². The molecule has 1 aliphatic rings. The van der Waals surface area contributed by atoms with E-state index in [1.54, 1.807) is 38.3 Å². The number of aliphatic hydroxyl groups is 1. The molecule has 0 aromatic heterocycles. The molecule has 5 nitrogen and oxygen atoms in total. The summed E-state index contributed by atoms with van der Waals surface area (Å²) < 4.78 is 10.8. The van der Waals surface area contributed by atoms with Gasteiger partial charge in [-0.3, -0.25) is 4.79 Å². The standard InChI is InChI=1S/C16H23NO4/c1-12(21-15-5-3-14(20-2)4-6-15)16(19)17-9-7-13(11-17)8-10-18/h3-6,12-13,18H,7-11H2,1-2H3. The Morgan fingerprint density at radius 1 is 1.38 bits per heavy atom. The molecule has 2 atom stereocenters. The zero-order chi connectivity index (χ0) is 15.2. The van der Waals surface area contributed by atoms with Crippen LogP contribution in [-0.4, -0.2) is 48.8 Å². The Kier molecular flexibility index (Phi) is 5.44. The summed E-state index contributed by atoms with van der Waals surface area (Å²) in [5, 5.41) is 8.96. The topological polar surface area (TPSA) is 59.0 Å². The summed E-state index contributed by atoms with van der Waals surface area (Å²) in [6.45, 7) is 3.42. The molecular weight excluding hydrogens is 270 g/mol. The van der Waals surface area contributed by atoms with Gasteiger partial charge in [0.15, 0.2) is 6.10 Å². The third kappa shape index (κ3) is 4.11. The highest BCUT2D eigenvalue weighted by atomic mass is 16.5. The first-order valence-corrected chi connectivity index (χ1v) is 7.34. The van der Waals surface area contributed by atoms with Crippen LogP contribution < -0.4 is 9.47 Å². The number of benzene rings is 1. The summed E-state index contributed by atoms with van der Waals surface area (Å²) >= 11 is 0. The maximum atomic E-state index is 12.3. The zero-order valence-corrected chi connectivity index (χ0v) is 12.6. The number of carbonyl (C=O) groups is 1. The molecule has 0 saturated carbocycles. The Morgan fingerprint density at radius 3 is 2.67 bits per heavy atom. The van der Waals surface area contributed by atoms with Crippen molar-refractivity contribution in [3.05, 3.63) is 24.3 Å². The molecule has 5 heteroatoms. The van der Waals surface area contributed by atoms with Crippen LogP contribution in [0.3, 0.4) is 0 Å². The van der Waals surface area contributed by atoms with Gasteiger partial charge in [0.05, 0.1) is 7.11 Å². The quantitative estimate of drug-likeness (QED) is 0.867. The number of methoxy groups -OCH3 is 1. The second-order valence-corrected chi connectivity index (χ2v) is 5.39. The summed E-state index contributed by atoms with van der Waals surface area (Å²) in [6.07, 6.45) is 1.21. The van der Waals surface area contributed by atoms with Gasteiger partial charge in [-0.05, 0) is 49.9 Å². The smallest absolute Gasteiger partial charge is 0.263 e. The maximum Gasteiger partial charge on any atom is 0.263 e. The average molecular weight is 293 g/mol. The van der Waals surface area contributed by atoms with E-state index < -0.39 is 6.10 Å². The first-order valence-electron chi connectivity index (χ1n) is 7.34. The molecule has 2 rings (SSSR count). The third-order valence-electron chi connectivity index (χ3n) is 3.85. The fraction of sp³-hybridized carbons (Fsp3) is 0.562. The number of likely N-dealkylation sites (tertiary alicyclic amines) is 1. The van der Waals surface area contributed by atoms with Gasteiger partial charge >= 0.3 is 0 Å². The minimum atomic E-state index is -0.508. The van der Waals surface area contributed by atoms with Gasteiger partial charge in [0.1, 0.15) is 11.5 Å². The molecule has 0 spiro atoms. The lowest BCUT2D eigenvalue weighted by Crippen LogP contribution is -2.39. The maximum absolute atomic E-state index is 12.3. The molecule has 1 heterocycles. The lowest BCUT2D eigenvalue weighted by Gasteiger charge is -2.22. The minimum absolute atomic E-state index is 0.00579. The van der Waals surface area contributed by atoms with E-state index >= 15 is 0 Å². The van der Waals surface area contributed by atoms with Crippen molar-refractivity contribution in [2.75, 3.05) is 26.8 Å². The van der Waals surface area contributed by atoms with Gasteiger partial charge in [-0.25, -0.2) is 0 Å². The molecule has 0 radical (unpaired) electrons. The number of aliphatic hydroxyl groups excluding tert-OH is 1. The summed E-state index contributed by atoms with van der Waals surface area (Å²) in [5.41, 5.74) is 0. The summed E-state index contributed by atoms with van der Waals surface area (Å²) in [4.78, 5) is 14.2. The molecule has 1 fully saturated rings. The van der Waals surface area contributed by atoms with Crippen LogP contribution in [0.4, 0.5) is 0 Å². The summed E-state index contributed by atoms with van der Waals surface area (Å²) in [6, 6.07) is 7.20. The van der Waals surface area contributed by atoms with Crippen molar-refractivity contribution in [3.8, 4) is 11.5 Å². The molecule has 0 aliphatic carbocycles. The van der Waals surface area contributed by atoms with Gasteiger partial charge in [-0.2, -0.15) is 0 Å². The van der Waals surface area contributed by atoms with E-state index in [1.807, 2.05) is 4.90 Å². The molecule has 1 saturated heterocycles. The number of ether oxygens (including phenoxy) is 2. The van der Waals surface area contributed by atoms with Crippen molar-refractivity contribution in [1.29, 1.82) is 0 Å². The molecule has 1 aromatic rings. The molecule has 0 bridgehead atoms. The molecule has 2 unspecified atom stereocenters. The van der Waals surface area contributed by atoms with Crippen LogP contribution in [-0.2, 0) is 4.79 Å². The summed E-state index contributed by atoms with van der Waals surface area (Å²) in [7, 11) is 1.61. The van der Waals surface area contributed by atoms with Crippen molar-refractivity contribution in [3.63, 3.8) is 0 Å². The number of hydrogen-bond donors (Lipinski definition) is 1. The lowest BCUT2D eigenvalue weighted by molar-refractivity contribution is -0.137. The zero-order valence-electron chi connectivity index (χ0n) is 12.6. The van der Waals surface area contributed by atoms with E-state index in [0.717, 1.165) is 31.7 Å².